The molecule has 0 aromatic carbocycles. The molecule has 0 saturated heterocycles. The van der Waals surface area contributed by atoms with Gasteiger partial charge >= 0.3 is 6.18 Å². The number of halogens is 5. The summed E-state index contributed by atoms with van der Waals surface area (Å²) in [6.45, 7) is 4.10. The predicted octanol–water partition coefficient (Wildman–Crippen LogP) is 4.39. The second-order valence-electron chi connectivity index (χ2n) is 5.22. The minimum atomic E-state index is -4.25. The molecule has 1 unspecified atom stereocenters. The van der Waals surface area contributed by atoms with Gasteiger partial charge in [0.2, 0.25) is 0 Å². The lowest BCUT2D eigenvalue weighted by Crippen LogP contribution is -2.34. The highest BCUT2D eigenvalue weighted by Crippen LogP contribution is 2.36. The number of hydrogen-bond donors (Lipinski definition) is 0. The van der Waals surface area contributed by atoms with E-state index in [-0.39, 0.29) is 25.9 Å². The van der Waals surface area contributed by atoms with Gasteiger partial charge < -0.3 is 9.47 Å². The highest BCUT2D eigenvalue weighted by molar-refractivity contribution is 6.34. The Morgan fingerprint density at radius 3 is 2.10 bits per heavy atom. The third-order valence-corrected chi connectivity index (χ3v) is 3.98. The van der Waals surface area contributed by atoms with E-state index in [2.05, 4.69) is 0 Å². The Morgan fingerprint density at radius 2 is 1.65 bits per heavy atom. The van der Waals surface area contributed by atoms with Crippen molar-refractivity contribution >= 4 is 23.6 Å². The summed E-state index contributed by atoms with van der Waals surface area (Å²) in [5.74, 6) is -1.42. The van der Waals surface area contributed by atoms with E-state index >= 15 is 0 Å². The first-order valence-corrected chi connectivity index (χ1v) is 7.04. The van der Waals surface area contributed by atoms with Gasteiger partial charge in [0.25, 0.3) is 0 Å². The van der Waals surface area contributed by atoms with Crippen LogP contribution in [-0.2, 0) is 9.47 Å². The highest BCUT2D eigenvalue weighted by Gasteiger charge is 2.40. The third-order valence-electron chi connectivity index (χ3n) is 3.07. The van der Waals surface area contributed by atoms with Crippen molar-refractivity contribution in [2.24, 2.45) is 5.92 Å². The summed E-state index contributed by atoms with van der Waals surface area (Å²) in [5, 5.41) is 0. The maximum atomic E-state index is 12.9. The Labute approximate surface area is 128 Å². The normalized spacial score (nSPS) is 14.8. The standard InChI is InChI=1S/C12H22Cl2F3NO2/c1-11(2,18(13)14)6-4-10(12(15,16)17)5-7-20-9-8-19-3/h10H,4-9H2,1-3H3. The smallest absolute Gasteiger partial charge is 0.382 e. The summed E-state index contributed by atoms with van der Waals surface area (Å²) in [5.41, 5.74) is -0.705. The Balaban J connectivity index is 4.24. The summed E-state index contributed by atoms with van der Waals surface area (Å²) in [6.07, 6.45) is -4.12. The first-order valence-electron chi connectivity index (χ1n) is 6.36. The summed E-state index contributed by atoms with van der Waals surface area (Å²) >= 11 is 11.2. The van der Waals surface area contributed by atoms with Crippen LogP contribution in [0.4, 0.5) is 13.2 Å². The molecule has 0 aliphatic rings. The molecule has 0 heterocycles. The fourth-order valence-corrected chi connectivity index (χ4v) is 1.72. The average molecular weight is 340 g/mol. The van der Waals surface area contributed by atoms with Crippen molar-refractivity contribution in [3.63, 3.8) is 0 Å². The van der Waals surface area contributed by atoms with Crippen molar-refractivity contribution < 1.29 is 22.6 Å². The van der Waals surface area contributed by atoms with Gasteiger partial charge in [-0.25, -0.2) is 0 Å². The van der Waals surface area contributed by atoms with E-state index in [1.807, 2.05) is 0 Å². The van der Waals surface area contributed by atoms with Crippen molar-refractivity contribution in [2.45, 2.75) is 44.8 Å². The molecule has 3 nitrogen and oxygen atoms in total. The molecule has 0 fully saturated rings. The number of alkyl halides is 3. The molecule has 0 aliphatic carbocycles. The molecule has 0 aliphatic heterocycles. The molecular formula is C12H22Cl2F3NO2. The zero-order chi connectivity index (χ0) is 15.8. The SMILES string of the molecule is COCCOCCC(CCC(C)(C)N(Cl)Cl)C(F)(F)F. The van der Waals surface area contributed by atoms with Crippen LogP contribution >= 0.6 is 23.6 Å². The lowest BCUT2D eigenvalue weighted by Gasteiger charge is -2.30. The number of methoxy groups -OCH3 is 1. The fraction of sp³-hybridized carbons (Fsp3) is 1.00. The van der Waals surface area contributed by atoms with Gasteiger partial charge in [-0.3, -0.25) is 0 Å². The van der Waals surface area contributed by atoms with Crippen molar-refractivity contribution in [3.05, 3.63) is 0 Å². The van der Waals surface area contributed by atoms with Crippen LogP contribution in [0, 0.1) is 5.92 Å². The number of ether oxygens (including phenoxy) is 2. The molecular weight excluding hydrogens is 318 g/mol. The molecule has 0 rings (SSSR count). The van der Waals surface area contributed by atoms with Crippen LogP contribution in [0.5, 0.6) is 0 Å². The zero-order valence-corrected chi connectivity index (χ0v) is 13.5. The minimum Gasteiger partial charge on any atom is -0.382 e. The zero-order valence-electron chi connectivity index (χ0n) is 12.0. The largest absolute Gasteiger partial charge is 0.391 e. The van der Waals surface area contributed by atoms with Gasteiger partial charge in [-0.05, 0) is 56.7 Å². The molecule has 1 atom stereocenters. The monoisotopic (exact) mass is 339 g/mol. The molecule has 0 bridgehead atoms. The van der Waals surface area contributed by atoms with Crippen LogP contribution < -0.4 is 0 Å². The number of hydrogen-bond acceptors (Lipinski definition) is 3. The van der Waals surface area contributed by atoms with E-state index in [0.717, 1.165) is 3.94 Å². The summed E-state index contributed by atoms with van der Waals surface area (Å²) < 4.78 is 49.5. The molecule has 122 valence electrons. The average Bonchev–Trinajstić information content (AvgIpc) is 2.30. The van der Waals surface area contributed by atoms with Crippen molar-refractivity contribution in [1.29, 1.82) is 0 Å². The van der Waals surface area contributed by atoms with E-state index in [4.69, 9.17) is 33.0 Å². The number of rotatable bonds is 10. The van der Waals surface area contributed by atoms with Crippen molar-refractivity contribution in [1.82, 2.24) is 3.94 Å². The first kappa shape index (κ1) is 20.2. The Bertz CT molecular complexity index is 264. The van der Waals surface area contributed by atoms with Crippen LogP contribution in [0.2, 0.25) is 0 Å². The lowest BCUT2D eigenvalue weighted by molar-refractivity contribution is -0.182. The molecule has 0 aromatic heterocycles. The molecule has 0 saturated carbocycles. The van der Waals surface area contributed by atoms with Crippen LogP contribution in [0.15, 0.2) is 0 Å². The van der Waals surface area contributed by atoms with Crippen LogP contribution in [0.3, 0.4) is 0 Å². The minimum absolute atomic E-state index is 0.0416. The van der Waals surface area contributed by atoms with Crippen molar-refractivity contribution in [2.75, 3.05) is 26.9 Å². The van der Waals surface area contributed by atoms with Gasteiger partial charge in [0, 0.05) is 19.3 Å². The molecule has 0 spiro atoms. The van der Waals surface area contributed by atoms with Crippen LogP contribution in [-0.4, -0.2) is 42.6 Å². The maximum Gasteiger partial charge on any atom is 0.391 e. The second-order valence-corrected chi connectivity index (χ2v) is 6.07. The maximum absolute atomic E-state index is 12.9. The lowest BCUT2D eigenvalue weighted by atomic mass is 9.91. The third kappa shape index (κ3) is 8.52. The second kappa shape index (κ2) is 9.30. The van der Waals surface area contributed by atoms with Crippen molar-refractivity contribution in [3.8, 4) is 0 Å². The van der Waals surface area contributed by atoms with Gasteiger partial charge in [0.1, 0.15) is 0 Å². The molecule has 8 heteroatoms. The van der Waals surface area contributed by atoms with E-state index in [0.29, 0.717) is 13.2 Å². The fourth-order valence-electron chi connectivity index (χ4n) is 1.55. The van der Waals surface area contributed by atoms with E-state index in [9.17, 15) is 13.2 Å². The van der Waals surface area contributed by atoms with Gasteiger partial charge in [-0.15, -0.1) is 3.94 Å². The summed E-state index contributed by atoms with van der Waals surface area (Å²) in [4.78, 5) is 0. The van der Waals surface area contributed by atoms with Gasteiger partial charge in [-0.1, -0.05) is 0 Å². The molecule has 0 aromatic rings. The Hall–Kier alpha value is 0.250. The molecule has 0 N–H and O–H groups in total. The first-order chi connectivity index (χ1) is 9.11. The molecule has 20 heavy (non-hydrogen) atoms. The quantitative estimate of drug-likeness (QED) is 0.435. The van der Waals surface area contributed by atoms with E-state index < -0.39 is 17.6 Å². The topological polar surface area (TPSA) is 21.7 Å². The van der Waals surface area contributed by atoms with Crippen LogP contribution in [0.25, 0.3) is 0 Å². The summed E-state index contributed by atoms with van der Waals surface area (Å²) in [6, 6.07) is 0. The number of nitrogens with zero attached hydrogens (tertiary/aromatic N) is 1. The van der Waals surface area contributed by atoms with Gasteiger partial charge in [-0.2, -0.15) is 13.2 Å². The molecule has 0 amide bonds. The van der Waals surface area contributed by atoms with Gasteiger partial charge in [0.15, 0.2) is 0 Å². The summed E-state index contributed by atoms with van der Waals surface area (Å²) in [7, 11) is 1.51. The molecule has 0 radical (unpaired) electrons. The highest BCUT2D eigenvalue weighted by atomic mass is 35.5. The van der Waals surface area contributed by atoms with Gasteiger partial charge in [0.05, 0.1) is 19.1 Å². The Kier molecular flexibility index (Phi) is 9.42. The Morgan fingerprint density at radius 1 is 1.05 bits per heavy atom. The van der Waals surface area contributed by atoms with Crippen LogP contribution in [0.1, 0.15) is 33.1 Å². The predicted molar refractivity (Wildman–Crippen MR) is 73.7 cm³/mol. The van der Waals surface area contributed by atoms with E-state index in [1.165, 1.54) is 7.11 Å². The van der Waals surface area contributed by atoms with E-state index in [1.54, 1.807) is 13.8 Å².